The van der Waals surface area contributed by atoms with Gasteiger partial charge in [-0.3, -0.25) is 4.98 Å². The van der Waals surface area contributed by atoms with Gasteiger partial charge in [0.1, 0.15) is 15.5 Å². The van der Waals surface area contributed by atoms with Gasteiger partial charge in [-0.05, 0) is 19.4 Å². The first kappa shape index (κ1) is 11.6. The number of aryl methyl sites for hydroxylation is 1. The Bertz CT molecular complexity index is 644. The van der Waals surface area contributed by atoms with Gasteiger partial charge in [0.25, 0.3) is 0 Å². The molecule has 0 saturated heterocycles. The molecule has 3 N–H and O–H groups in total. The van der Waals surface area contributed by atoms with E-state index in [0.717, 1.165) is 11.3 Å². The predicted molar refractivity (Wildman–Crippen MR) is 65.3 cm³/mol. The molecule has 0 radical (unpaired) electrons. The van der Waals surface area contributed by atoms with Crippen molar-refractivity contribution in [3.8, 4) is 0 Å². The Hall–Kier alpha value is -1.89. The second-order valence-corrected chi connectivity index (χ2v) is 4.41. The molecule has 0 fully saturated rings. The summed E-state index contributed by atoms with van der Waals surface area (Å²) in [6.07, 6.45) is 0. The molecule has 2 aromatic rings. The summed E-state index contributed by atoms with van der Waals surface area (Å²) in [7, 11) is 0. The van der Waals surface area contributed by atoms with Gasteiger partial charge in [0.15, 0.2) is 0 Å². The van der Waals surface area contributed by atoms with Gasteiger partial charge >= 0.3 is 11.7 Å². The van der Waals surface area contributed by atoms with Crippen LogP contribution in [-0.4, -0.2) is 22.5 Å². The van der Waals surface area contributed by atoms with Gasteiger partial charge in [-0.2, -0.15) is 4.98 Å². The highest BCUT2D eigenvalue weighted by Crippen LogP contribution is 2.31. The van der Waals surface area contributed by atoms with Gasteiger partial charge < -0.3 is 10.5 Å². The van der Waals surface area contributed by atoms with Gasteiger partial charge in [-0.1, -0.05) is 0 Å². The maximum atomic E-state index is 11.7. The smallest absolute Gasteiger partial charge is 0.348 e. The number of hydrogen-bond acceptors (Lipinski definition) is 6. The van der Waals surface area contributed by atoms with Crippen molar-refractivity contribution < 1.29 is 9.53 Å². The van der Waals surface area contributed by atoms with Crippen LogP contribution in [0, 0.1) is 6.92 Å². The van der Waals surface area contributed by atoms with E-state index < -0.39 is 11.7 Å². The number of nitrogen functional groups attached to an aromatic ring is 1. The molecule has 17 heavy (non-hydrogen) atoms. The molecule has 0 spiro atoms. The highest BCUT2D eigenvalue weighted by molar-refractivity contribution is 7.20. The monoisotopic (exact) mass is 253 g/mol. The number of rotatable bonds is 2. The first-order valence-electron chi connectivity index (χ1n) is 5.00. The molecule has 2 heterocycles. The molecule has 0 bridgehead atoms. The molecule has 0 aliphatic rings. The molecule has 0 aliphatic carbocycles. The van der Waals surface area contributed by atoms with Crippen LogP contribution in [-0.2, 0) is 4.74 Å². The second kappa shape index (κ2) is 4.17. The van der Waals surface area contributed by atoms with E-state index in [4.69, 9.17) is 10.5 Å². The number of nitrogens with two attached hydrogens (primary N) is 1. The number of esters is 1. The molecule has 6 nitrogen and oxygen atoms in total. The largest absolute Gasteiger partial charge is 0.462 e. The number of carbonyl (C=O) groups is 1. The number of anilines is 1. The predicted octanol–water partition coefficient (Wildman–Crippen LogP) is 1.05. The molecule has 0 unspecified atom stereocenters. The van der Waals surface area contributed by atoms with Crippen LogP contribution in [0.5, 0.6) is 0 Å². The number of thiophene rings is 1. The molecular weight excluding hydrogens is 242 g/mol. The summed E-state index contributed by atoms with van der Waals surface area (Å²) < 4.78 is 4.92. The van der Waals surface area contributed by atoms with Crippen molar-refractivity contribution in [2.45, 2.75) is 13.8 Å². The van der Waals surface area contributed by atoms with E-state index in [2.05, 4.69) is 9.97 Å². The molecule has 90 valence electrons. The summed E-state index contributed by atoms with van der Waals surface area (Å²) in [6, 6.07) is 0. The number of ether oxygens (including phenoxy) is 1. The molecule has 0 saturated carbocycles. The van der Waals surface area contributed by atoms with E-state index >= 15 is 0 Å². The summed E-state index contributed by atoms with van der Waals surface area (Å²) >= 11 is 1.11. The number of hydrogen-bond donors (Lipinski definition) is 2. The summed E-state index contributed by atoms with van der Waals surface area (Å²) in [5, 5.41) is 0.609. The fourth-order valence-electron chi connectivity index (χ4n) is 1.58. The van der Waals surface area contributed by atoms with Crippen molar-refractivity contribution in [3.05, 3.63) is 20.9 Å². The molecule has 0 amide bonds. The zero-order valence-electron chi connectivity index (χ0n) is 9.36. The fraction of sp³-hybridized carbons (Fsp3) is 0.300. The fourth-order valence-corrected chi connectivity index (χ4v) is 2.67. The first-order valence-corrected chi connectivity index (χ1v) is 5.82. The van der Waals surface area contributed by atoms with Crippen molar-refractivity contribution in [3.63, 3.8) is 0 Å². The quantitative estimate of drug-likeness (QED) is 0.779. The van der Waals surface area contributed by atoms with Crippen molar-refractivity contribution >= 4 is 33.3 Å². The van der Waals surface area contributed by atoms with Crippen LogP contribution >= 0.6 is 11.3 Å². The minimum Gasteiger partial charge on any atom is -0.462 e. The Morgan fingerprint density at radius 3 is 2.94 bits per heavy atom. The third-order valence-electron chi connectivity index (χ3n) is 2.30. The molecule has 2 rings (SSSR count). The van der Waals surface area contributed by atoms with E-state index in [1.165, 1.54) is 0 Å². The average molecular weight is 253 g/mol. The Balaban J connectivity index is 2.69. The minimum atomic E-state index is -0.522. The average Bonchev–Trinajstić information content (AvgIpc) is 2.56. The SMILES string of the molecule is CCOC(=O)c1sc2nc(=O)[nH]c(N)c2c1C. The van der Waals surface area contributed by atoms with Crippen LogP contribution in [0.25, 0.3) is 10.2 Å². The summed E-state index contributed by atoms with van der Waals surface area (Å²) in [5.41, 5.74) is 5.87. The molecule has 2 aromatic heterocycles. The van der Waals surface area contributed by atoms with E-state index in [1.807, 2.05) is 0 Å². The number of aromatic amines is 1. The van der Waals surface area contributed by atoms with E-state index in [-0.39, 0.29) is 5.82 Å². The lowest BCUT2D eigenvalue weighted by Crippen LogP contribution is -2.11. The lowest BCUT2D eigenvalue weighted by Gasteiger charge is -1.99. The zero-order valence-corrected chi connectivity index (χ0v) is 10.2. The highest BCUT2D eigenvalue weighted by Gasteiger charge is 2.19. The van der Waals surface area contributed by atoms with Crippen LogP contribution in [0.4, 0.5) is 5.82 Å². The maximum Gasteiger partial charge on any atom is 0.348 e. The second-order valence-electron chi connectivity index (χ2n) is 3.41. The first-order chi connectivity index (χ1) is 8.04. The summed E-state index contributed by atoms with van der Waals surface area (Å²) in [6.45, 7) is 3.78. The van der Waals surface area contributed by atoms with Gasteiger partial charge in [0, 0.05) is 0 Å². The number of fused-ring (bicyclic) bond motifs is 1. The molecule has 0 aliphatic heterocycles. The number of nitrogens with one attached hydrogen (secondary N) is 1. The highest BCUT2D eigenvalue weighted by atomic mass is 32.1. The van der Waals surface area contributed by atoms with Crippen LogP contribution in [0.3, 0.4) is 0 Å². The Morgan fingerprint density at radius 2 is 2.29 bits per heavy atom. The van der Waals surface area contributed by atoms with E-state index in [0.29, 0.717) is 27.3 Å². The van der Waals surface area contributed by atoms with Crippen LogP contribution in [0.1, 0.15) is 22.2 Å². The Labute approximate surface area is 100 Å². The lowest BCUT2D eigenvalue weighted by molar-refractivity contribution is 0.0531. The summed E-state index contributed by atoms with van der Waals surface area (Å²) in [4.78, 5) is 29.9. The van der Waals surface area contributed by atoms with Crippen LogP contribution in [0.15, 0.2) is 4.79 Å². The third kappa shape index (κ3) is 1.89. The number of nitrogens with zero attached hydrogens (tertiary/aromatic N) is 1. The van der Waals surface area contributed by atoms with E-state index in [1.54, 1.807) is 13.8 Å². The van der Waals surface area contributed by atoms with Gasteiger partial charge in [-0.15, -0.1) is 11.3 Å². The van der Waals surface area contributed by atoms with Crippen LogP contribution in [0.2, 0.25) is 0 Å². The van der Waals surface area contributed by atoms with Gasteiger partial charge in [0.05, 0.1) is 12.0 Å². The minimum absolute atomic E-state index is 0.226. The number of aromatic nitrogens is 2. The molecule has 0 atom stereocenters. The summed E-state index contributed by atoms with van der Waals surface area (Å²) in [5.74, 6) is -0.191. The topological polar surface area (TPSA) is 98.1 Å². The maximum absolute atomic E-state index is 11.7. The van der Waals surface area contributed by atoms with E-state index in [9.17, 15) is 9.59 Å². The van der Waals surface area contributed by atoms with Gasteiger partial charge in [0.2, 0.25) is 0 Å². The van der Waals surface area contributed by atoms with Crippen molar-refractivity contribution in [1.82, 2.24) is 9.97 Å². The molecule has 7 heteroatoms. The molecular formula is C10H11N3O3S. The van der Waals surface area contributed by atoms with Crippen LogP contribution < -0.4 is 11.4 Å². The number of H-pyrrole nitrogens is 1. The third-order valence-corrected chi connectivity index (χ3v) is 3.47. The van der Waals surface area contributed by atoms with Crippen molar-refractivity contribution in [1.29, 1.82) is 0 Å². The number of carbonyl (C=O) groups excluding carboxylic acids is 1. The molecule has 0 aromatic carbocycles. The zero-order chi connectivity index (χ0) is 12.6. The Morgan fingerprint density at radius 1 is 1.59 bits per heavy atom. The van der Waals surface area contributed by atoms with Crippen molar-refractivity contribution in [2.24, 2.45) is 0 Å². The normalized spacial score (nSPS) is 10.7. The van der Waals surface area contributed by atoms with Gasteiger partial charge in [-0.25, -0.2) is 9.59 Å². The Kier molecular flexibility index (Phi) is 2.84. The standard InChI is InChI=1S/C10H11N3O3S/c1-3-16-9(14)6-4(2)5-7(11)12-10(15)13-8(5)17-6/h3H2,1-2H3,(H3,11,12,13,15). The lowest BCUT2D eigenvalue weighted by atomic mass is 10.2. The van der Waals surface area contributed by atoms with Crippen molar-refractivity contribution in [2.75, 3.05) is 12.3 Å².